The van der Waals surface area contributed by atoms with Crippen LogP contribution in [0.3, 0.4) is 0 Å². The van der Waals surface area contributed by atoms with Crippen molar-refractivity contribution in [3.8, 4) is 0 Å². The van der Waals surface area contributed by atoms with E-state index in [1.807, 2.05) is 0 Å². The highest BCUT2D eigenvalue weighted by molar-refractivity contribution is 6.74. The van der Waals surface area contributed by atoms with Crippen LogP contribution in [-0.4, -0.2) is 20.5 Å². The van der Waals surface area contributed by atoms with E-state index in [9.17, 15) is 0 Å². The van der Waals surface area contributed by atoms with Crippen LogP contribution in [0.25, 0.3) is 0 Å². The van der Waals surface area contributed by atoms with E-state index in [1.54, 1.807) is 0 Å². The molecule has 2 fully saturated rings. The van der Waals surface area contributed by atoms with E-state index >= 15 is 0 Å². The molecule has 2 aliphatic carbocycles. The van der Waals surface area contributed by atoms with Gasteiger partial charge in [-0.3, -0.25) is 0 Å². The van der Waals surface area contributed by atoms with Crippen LogP contribution >= 0.6 is 0 Å². The van der Waals surface area contributed by atoms with Gasteiger partial charge in [-0.2, -0.15) is 0 Å². The van der Waals surface area contributed by atoms with Gasteiger partial charge in [0.05, 0.1) is 6.10 Å². The van der Waals surface area contributed by atoms with Crippen LogP contribution in [0.5, 0.6) is 0 Å². The van der Waals surface area contributed by atoms with Gasteiger partial charge in [0.2, 0.25) is 0 Å². The van der Waals surface area contributed by atoms with Gasteiger partial charge in [-0.05, 0) is 42.8 Å². The summed E-state index contributed by atoms with van der Waals surface area (Å²) in [6, 6.07) is 0.308. The monoisotopic (exact) mass is 227 g/mol. The number of nitrogens with two attached hydrogens (primary N) is 1. The van der Waals surface area contributed by atoms with Gasteiger partial charge in [-0.15, -0.1) is 0 Å². The summed E-state index contributed by atoms with van der Waals surface area (Å²) in [7, 11) is -1.61. The molecule has 2 nitrogen and oxygen atoms in total. The highest BCUT2D eigenvalue weighted by Crippen LogP contribution is 2.54. The molecule has 0 heterocycles. The molecule has 0 amide bonds. The number of hydrogen-bond acceptors (Lipinski definition) is 2. The first kappa shape index (κ1) is 11.6. The highest BCUT2D eigenvalue weighted by atomic mass is 28.4. The molecule has 0 aromatic rings. The maximum Gasteiger partial charge on any atom is 0.192 e. The van der Waals surface area contributed by atoms with Crippen molar-refractivity contribution in [1.29, 1.82) is 0 Å². The van der Waals surface area contributed by atoms with Crippen LogP contribution in [-0.2, 0) is 4.43 Å². The van der Waals surface area contributed by atoms with E-state index in [0.29, 0.717) is 17.2 Å². The summed E-state index contributed by atoms with van der Waals surface area (Å²) in [6.45, 7) is 11.5. The van der Waals surface area contributed by atoms with Crippen LogP contribution in [0, 0.1) is 11.8 Å². The molecule has 88 valence electrons. The Bertz CT molecular complexity index is 257. The van der Waals surface area contributed by atoms with Crippen molar-refractivity contribution in [2.75, 3.05) is 0 Å². The first-order valence-corrected chi connectivity index (χ1v) is 9.06. The second-order valence-electron chi connectivity index (χ2n) is 6.90. The molecule has 4 atom stereocenters. The van der Waals surface area contributed by atoms with Crippen molar-refractivity contribution < 1.29 is 4.43 Å². The van der Waals surface area contributed by atoms with Crippen molar-refractivity contribution in [3.63, 3.8) is 0 Å². The summed E-state index contributed by atoms with van der Waals surface area (Å²) in [5.41, 5.74) is 6.15. The lowest BCUT2D eigenvalue weighted by Crippen LogP contribution is -2.48. The lowest BCUT2D eigenvalue weighted by molar-refractivity contribution is 0.148. The van der Waals surface area contributed by atoms with Gasteiger partial charge in [0.1, 0.15) is 0 Å². The van der Waals surface area contributed by atoms with Crippen LogP contribution in [0.1, 0.15) is 33.6 Å². The zero-order chi connectivity index (χ0) is 11.4. The van der Waals surface area contributed by atoms with Gasteiger partial charge >= 0.3 is 0 Å². The minimum atomic E-state index is -1.61. The van der Waals surface area contributed by atoms with Crippen molar-refractivity contribution in [3.05, 3.63) is 0 Å². The Kier molecular flexibility index (Phi) is 2.57. The molecule has 15 heavy (non-hydrogen) atoms. The van der Waals surface area contributed by atoms with Gasteiger partial charge in [-0.1, -0.05) is 20.8 Å². The Balaban J connectivity index is 2.02. The van der Waals surface area contributed by atoms with Crippen LogP contribution in [0.4, 0.5) is 0 Å². The van der Waals surface area contributed by atoms with Crippen LogP contribution in [0.2, 0.25) is 18.1 Å². The van der Waals surface area contributed by atoms with Gasteiger partial charge in [-0.25, -0.2) is 0 Å². The Morgan fingerprint density at radius 2 is 1.80 bits per heavy atom. The summed E-state index contributed by atoms with van der Waals surface area (Å²) in [4.78, 5) is 0. The minimum absolute atomic E-state index is 0.305. The summed E-state index contributed by atoms with van der Waals surface area (Å²) < 4.78 is 6.44. The Morgan fingerprint density at radius 1 is 1.20 bits per heavy atom. The smallest absolute Gasteiger partial charge is 0.192 e. The Morgan fingerprint density at radius 3 is 2.20 bits per heavy atom. The molecular weight excluding hydrogens is 202 g/mol. The lowest BCUT2D eigenvalue weighted by Gasteiger charge is -2.40. The van der Waals surface area contributed by atoms with Crippen LogP contribution < -0.4 is 5.73 Å². The van der Waals surface area contributed by atoms with Crippen molar-refractivity contribution >= 4 is 8.32 Å². The zero-order valence-corrected chi connectivity index (χ0v) is 11.7. The standard InChI is InChI=1S/C12H25NOSi/c1-12(2,3)15(4,5)14-11-9-6-8(9)7-10(11)13/h8-11H,6-7,13H2,1-5H3/t8-,9?,10-,11-/m0/s1. The number of fused-ring (bicyclic) bond motifs is 1. The molecule has 0 aliphatic heterocycles. The molecule has 0 bridgehead atoms. The summed E-state index contributed by atoms with van der Waals surface area (Å²) in [6.07, 6.45) is 2.94. The zero-order valence-electron chi connectivity index (χ0n) is 10.7. The molecule has 2 aliphatic rings. The van der Waals surface area contributed by atoms with Gasteiger partial charge in [0.15, 0.2) is 8.32 Å². The fourth-order valence-electron chi connectivity index (χ4n) is 2.44. The molecule has 2 N–H and O–H groups in total. The molecule has 0 spiro atoms. The highest BCUT2D eigenvalue weighted by Gasteiger charge is 2.55. The van der Waals surface area contributed by atoms with Crippen LogP contribution in [0.15, 0.2) is 0 Å². The fourth-order valence-corrected chi connectivity index (χ4v) is 3.82. The second-order valence-corrected chi connectivity index (χ2v) is 11.7. The third-order valence-electron chi connectivity index (χ3n) is 4.63. The number of rotatable bonds is 2. The molecule has 0 aromatic carbocycles. The van der Waals surface area contributed by atoms with Crippen molar-refractivity contribution in [2.24, 2.45) is 17.6 Å². The third-order valence-corrected chi connectivity index (χ3v) is 9.11. The summed E-state index contributed by atoms with van der Waals surface area (Å²) in [5.74, 6) is 1.70. The Hall–Kier alpha value is 0.137. The van der Waals surface area contributed by atoms with Gasteiger partial charge in [0, 0.05) is 6.04 Å². The summed E-state index contributed by atoms with van der Waals surface area (Å²) in [5, 5.41) is 0.305. The fraction of sp³-hybridized carbons (Fsp3) is 1.00. The first-order valence-electron chi connectivity index (χ1n) is 6.16. The molecule has 1 unspecified atom stereocenters. The molecule has 3 heteroatoms. The SMILES string of the molecule is CC(C)(C)[Si](C)(C)O[C@H]1C2C[C@H]2C[C@@H]1N. The van der Waals surface area contributed by atoms with E-state index < -0.39 is 8.32 Å². The van der Waals surface area contributed by atoms with E-state index in [4.69, 9.17) is 10.2 Å². The molecule has 0 saturated heterocycles. The largest absolute Gasteiger partial charge is 0.412 e. The van der Waals surface area contributed by atoms with E-state index in [0.717, 1.165) is 11.8 Å². The van der Waals surface area contributed by atoms with Gasteiger partial charge in [0.25, 0.3) is 0 Å². The van der Waals surface area contributed by atoms with E-state index in [2.05, 4.69) is 33.9 Å². The molecule has 2 saturated carbocycles. The van der Waals surface area contributed by atoms with Gasteiger partial charge < -0.3 is 10.2 Å². The molecule has 0 radical (unpaired) electrons. The predicted octanol–water partition coefficient (Wildman–Crippen LogP) is 2.74. The average Bonchev–Trinajstić information content (AvgIpc) is 2.71. The Labute approximate surface area is 94.7 Å². The molecular formula is C12H25NOSi. The average molecular weight is 227 g/mol. The predicted molar refractivity (Wildman–Crippen MR) is 66.3 cm³/mol. The molecule has 2 rings (SSSR count). The molecule has 0 aromatic heterocycles. The van der Waals surface area contributed by atoms with Crippen molar-refractivity contribution in [1.82, 2.24) is 0 Å². The minimum Gasteiger partial charge on any atom is -0.412 e. The number of hydrogen-bond donors (Lipinski definition) is 1. The topological polar surface area (TPSA) is 35.2 Å². The normalized spacial score (nSPS) is 40.4. The maximum absolute atomic E-state index is 6.44. The third kappa shape index (κ3) is 2.02. The first-order chi connectivity index (χ1) is 6.72. The van der Waals surface area contributed by atoms with Crippen molar-refractivity contribution in [2.45, 2.75) is 63.9 Å². The second kappa shape index (κ2) is 3.31. The summed E-state index contributed by atoms with van der Waals surface area (Å²) >= 11 is 0. The quantitative estimate of drug-likeness (QED) is 0.736. The lowest BCUT2D eigenvalue weighted by atomic mass is 10.1. The van der Waals surface area contributed by atoms with E-state index in [-0.39, 0.29) is 0 Å². The van der Waals surface area contributed by atoms with E-state index in [1.165, 1.54) is 12.8 Å². The maximum atomic E-state index is 6.44.